The first-order valence-corrected chi connectivity index (χ1v) is 7.19. The molecule has 2 unspecified atom stereocenters. The summed E-state index contributed by atoms with van der Waals surface area (Å²) in [7, 11) is 0. The molecule has 0 amide bonds. The molecule has 0 bridgehead atoms. The highest BCUT2D eigenvalue weighted by Crippen LogP contribution is 2.31. The Morgan fingerprint density at radius 1 is 1.26 bits per heavy atom. The monoisotopic (exact) mass is 259 g/mol. The highest BCUT2D eigenvalue weighted by Gasteiger charge is 2.27. The van der Waals surface area contributed by atoms with Crippen LogP contribution < -0.4 is 0 Å². The molecule has 0 saturated heterocycles. The average molecular weight is 259 g/mol. The van der Waals surface area contributed by atoms with Crippen LogP contribution in [-0.4, -0.2) is 12.7 Å². The van der Waals surface area contributed by atoms with Crippen LogP contribution in [0.25, 0.3) is 0 Å². The Hall–Kier alpha value is -1.33. The van der Waals surface area contributed by atoms with Crippen molar-refractivity contribution >= 4 is 0 Å². The first-order valence-electron chi connectivity index (χ1n) is 7.19. The van der Waals surface area contributed by atoms with E-state index in [0.29, 0.717) is 6.10 Å². The van der Waals surface area contributed by atoms with Crippen LogP contribution in [0.15, 0.2) is 24.3 Å². The van der Waals surface area contributed by atoms with E-state index >= 15 is 0 Å². The van der Waals surface area contributed by atoms with Gasteiger partial charge in [0.05, 0.1) is 12.2 Å². The minimum absolute atomic E-state index is 0.506. The van der Waals surface area contributed by atoms with Crippen LogP contribution in [0.5, 0.6) is 0 Å². The first-order chi connectivity index (χ1) is 9.21. The lowest BCUT2D eigenvalue weighted by atomic mass is 9.95. The van der Waals surface area contributed by atoms with Gasteiger partial charge in [-0.3, -0.25) is 0 Å². The van der Waals surface area contributed by atoms with Gasteiger partial charge in [0.1, 0.15) is 0 Å². The molecule has 2 rings (SSSR count). The van der Waals surface area contributed by atoms with Crippen LogP contribution in [0.3, 0.4) is 0 Å². The second-order valence-electron chi connectivity index (χ2n) is 5.10. The summed E-state index contributed by atoms with van der Waals surface area (Å²) in [4.78, 5) is 0. The summed E-state index contributed by atoms with van der Waals surface area (Å²) < 4.78 is 5.81. The molecule has 1 aliphatic carbocycles. The first kappa shape index (κ1) is 15.7. The summed E-state index contributed by atoms with van der Waals surface area (Å²) >= 11 is 0. The summed E-state index contributed by atoms with van der Waals surface area (Å²) in [5.41, 5.74) is 2.80. The Morgan fingerprint density at radius 3 is 2.47 bits per heavy atom. The average Bonchev–Trinajstić information content (AvgIpc) is 2.81. The molecule has 1 fully saturated rings. The van der Waals surface area contributed by atoms with E-state index in [1.54, 1.807) is 6.07 Å². The maximum Gasteiger partial charge on any atom is 0.0606 e. The second-order valence-corrected chi connectivity index (χ2v) is 5.10. The van der Waals surface area contributed by atoms with Gasteiger partial charge >= 0.3 is 0 Å². The van der Waals surface area contributed by atoms with Gasteiger partial charge in [-0.1, -0.05) is 36.2 Å². The fourth-order valence-corrected chi connectivity index (χ4v) is 2.70. The van der Waals surface area contributed by atoms with Crippen LogP contribution in [0.4, 0.5) is 0 Å². The molecule has 19 heavy (non-hydrogen) atoms. The number of ether oxygens (including phenoxy) is 1. The Bertz CT molecular complexity index is 391. The van der Waals surface area contributed by atoms with E-state index in [1.165, 1.54) is 43.7 Å². The summed E-state index contributed by atoms with van der Waals surface area (Å²) in [5, 5.41) is 7.32. The Labute approximate surface area is 117 Å². The SMILES string of the molecule is CC#N.CCOC1CCCC1Cc1ccc(C)cc1. The molecule has 104 valence electrons. The lowest BCUT2D eigenvalue weighted by Crippen LogP contribution is -2.20. The van der Waals surface area contributed by atoms with Crippen molar-refractivity contribution < 1.29 is 4.74 Å². The molecule has 1 saturated carbocycles. The lowest BCUT2D eigenvalue weighted by Gasteiger charge is -2.19. The van der Waals surface area contributed by atoms with Crippen LogP contribution >= 0.6 is 0 Å². The molecule has 0 spiro atoms. The van der Waals surface area contributed by atoms with Gasteiger partial charge in [0, 0.05) is 13.5 Å². The molecule has 1 aromatic rings. The zero-order valence-corrected chi connectivity index (χ0v) is 12.4. The molecule has 0 N–H and O–H groups in total. The number of aryl methyl sites for hydroxylation is 1. The Morgan fingerprint density at radius 2 is 1.89 bits per heavy atom. The topological polar surface area (TPSA) is 33.0 Å². The van der Waals surface area contributed by atoms with Gasteiger partial charge in [0.2, 0.25) is 0 Å². The zero-order chi connectivity index (χ0) is 14.1. The molecular weight excluding hydrogens is 234 g/mol. The van der Waals surface area contributed by atoms with Crippen molar-refractivity contribution in [2.45, 2.75) is 52.6 Å². The summed E-state index contributed by atoms with van der Waals surface area (Å²) in [6, 6.07) is 10.7. The van der Waals surface area contributed by atoms with Crippen molar-refractivity contribution in [3.8, 4) is 6.07 Å². The van der Waals surface area contributed by atoms with Crippen molar-refractivity contribution in [1.82, 2.24) is 0 Å². The zero-order valence-electron chi connectivity index (χ0n) is 12.4. The highest BCUT2D eigenvalue weighted by atomic mass is 16.5. The van der Waals surface area contributed by atoms with Crippen molar-refractivity contribution in [2.24, 2.45) is 5.92 Å². The van der Waals surface area contributed by atoms with Crippen molar-refractivity contribution in [3.05, 3.63) is 35.4 Å². The summed E-state index contributed by atoms with van der Waals surface area (Å²) in [5.74, 6) is 0.739. The molecule has 2 nitrogen and oxygen atoms in total. The second kappa shape index (κ2) is 8.72. The Kier molecular flexibility index (Phi) is 7.22. The molecule has 2 heteroatoms. The number of benzene rings is 1. The molecule has 0 radical (unpaired) electrons. The van der Waals surface area contributed by atoms with Gasteiger partial charge in [-0.15, -0.1) is 0 Å². The van der Waals surface area contributed by atoms with Gasteiger partial charge in [0.15, 0.2) is 0 Å². The lowest BCUT2D eigenvalue weighted by molar-refractivity contribution is 0.0363. The fraction of sp³-hybridized carbons (Fsp3) is 0.588. The number of nitrogens with zero attached hydrogens (tertiary/aromatic N) is 1. The molecular formula is C17H25NO. The van der Waals surface area contributed by atoms with Gasteiger partial charge in [-0.25, -0.2) is 0 Å². The third-order valence-corrected chi connectivity index (χ3v) is 3.59. The van der Waals surface area contributed by atoms with Crippen molar-refractivity contribution in [1.29, 1.82) is 5.26 Å². The number of rotatable bonds is 4. The quantitative estimate of drug-likeness (QED) is 0.809. The van der Waals surface area contributed by atoms with Crippen molar-refractivity contribution in [3.63, 3.8) is 0 Å². The molecule has 1 aliphatic rings. The molecule has 2 atom stereocenters. The standard InChI is InChI=1S/C15H22O.C2H3N/c1-3-16-15-6-4-5-14(15)11-13-9-7-12(2)8-10-13;1-2-3/h7-10,14-15H,3-6,11H2,1-2H3;1H3. The van der Waals surface area contributed by atoms with Crippen LogP contribution in [0, 0.1) is 24.2 Å². The summed E-state index contributed by atoms with van der Waals surface area (Å²) in [6.07, 6.45) is 5.61. The van der Waals surface area contributed by atoms with Crippen LogP contribution in [0.1, 0.15) is 44.2 Å². The summed E-state index contributed by atoms with van der Waals surface area (Å²) in [6.45, 7) is 6.53. The van der Waals surface area contributed by atoms with E-state index in [2.05, 4.69) is 38.1 Å². The van der Waals surface area contributed by atoms with E-state index in [0.717, 1.165) is 12.5 Å². The molecule has 0 aromatic heterocycles. The third kappa shape index (κ3) is 5.44. The normalized spacial score (nSPS) is 21.4. The van der Waals surface area contributed by atoms with E-state index in [4.69, 9.17) is 10.00 Å². The van der Waals surface area contributed by atoms with Gasteiger partial charge in [-0.2, -0.15) is 5.26 Å². The minimum Gasteiger partial charge on any atom is -0.378 e. The number of hydrogen-bond acceptors (Lipinski definition) is 2. The highest BCUT2D eigenvalue weighted by molar-refractivity contribution is 5.22. The van der Waals surface area contributed by atoms with E-state index in [-0.39, 0.29) is 0 Å². The van der Waals surface area contributed by atoms with Gasteiger partial charge < -0.3 is 4.74 Å². The molecule has 0 aliphatic heterocycles. The minimum atomic E-state index is 0.506. The van der Waals surface area contributed by atoms with Gasteiger partial charge in [-0.05, 0) is 44.6 Å². The van der Waals surface area contributed by atoms with Crippen molar-refractivity contribution in [2.75, 3.05) is 6.61 Å². The largest absolute Gasteiger partial charge is 0.378 e. The van der Waals surface area contributed by atoms with Crippen LogP contribution in [0.2, 0.25) is 0 Å². The van der Waals surface area contributed by atoms with E-state index < -0.39 is 0 Å². The maximum atomic E-state index is 7.32. The maximum absolute atomic E-state index is 7.32. The number of nitriles is 1. The fourth-order valence-electron chi connectivity index (χ4n) is 2.70. The van der Waals surface area contributed by atoms with E-state index in [1.807, 2.05) is 0 Å². The molecule has 0 heterocycles. The smallest absolute Gasteiger partial charge is 0.0606 e. The Balaban J connectivity index is 0.000000550. The molecule has 1 aromatic carbocycles. The number of hydrogen-bond donors (Lipinski definition) is 0. The third-order valence-electron chi connectivity index (χ3n) is 3.59. The predicted molar refractivity (Wildman–Crippen MR) is 78.9 cm³/mol. The van der Waals surface area contributed by atoms with E-state index in [9.17, 15) is 0 Å². The van der Waals surface area contributed by atoms with Crippen LogP contribution in [-0.2, 0) is 11.2 Å². The van der Waals surface area contributed by atoms with Gasteiger partial charge in [0.25, 0.3) is 0 Å². The predicted octanol–water partition coefficient (Wildman–Crippen LogP) is 4.27.